The standard InChI is InChI=1S/C36H68Cl2O3/c1-35(29-25-21-17-13-9-5-3-7-11-15-19-23-27-31-37)40-33-39-34-41-36(2)30-26-22-18-14-10-6-4-8-12-16-20-24-28-32-38/h17-18,21-22,35-36H,3-16,19-20,23-34H2,1-2H3. The van der Waals surface area contributed by atoms with Crippen LogP contribution in [0.1, 0.15) is 168 Å². The van der Waals surface area contributed by atoms with E-state index < -0.39 is 0 Å². The number of halogens is 2. The van der Waals surface area contributed by atoms with Gasteiger partial charge in [-0.15, -0.1) is 23.2 Å². The topological polar surface area (TPSA) is 27.7 Å². The van der Waals surface area contributed by atoms with Crippen LogP contribution < -0.4 is 0 Å². The molecule has 0 saturated carbocycles. The highest BCUT2D eigenvalue weighted by molar-refractivity contribution is 6.18. The molecule has 41 heavy (non-hydrogen) atoms. The van der Waals surface area contributed by atoms with Gasteiger partial charge in [-0.3, -0.25) is 0 Å². The summed E-state index contributed by atoms with van der Waals surface area (Å²) >= 11 is 11.4. The second kappa shape index (κ2) is 36.1. The van der Waals surface area contributed by atoms with Gasteiger partial charge in [0.15, 0.2) is 0 Å². The summed E-state index contributed by atoms with van der Waals surface area (Å²) in [5, 5.41) is 0. The zero-order chi connectivity index (χ0) is 29.9. The molecule has 0 N–H and O–H groups in total. The highest BCUT2D eigenvalue weighted by Gasteiger charge is 2.03. The van der Waals surface area contributed by atoms with Crippen molar-refractivity contribution < 1.29 is 14.2 Å². The van der Waals surface area contributed by atoms with Crippen molar-refractivity contribution in [3.8, 4) is 0 Å². The lowest BCUT2D eigenvalue weighted by molar-refractivity contribution is -0.160. The average Bonchev–Trinajstić information content (AvgIpc) is 2.97. The minimum Gasteiger partial charge on any atom is -0.352 e. The van der Waals surface area contributed by atoms with Crippen LogP contribution in [-0.2, 0) is 14.2 Å². The summed E-state index contributed by atoms with van der Waals surface area (Å²) in [4.78, 5) is 0. The Kier molecular flexibility index (Phi) is 36.1. The molecule has 0 aliphatic rings. The van der Waals surface area contributed by atoms with Crippen LogP contribution in [0.25, 0.3) is 0 Å². The summed E-state index contributed by atoms with van der Waals surface area (Å²) in [6.45, 7) is 4.85. The normalized spacial score (nSPS) is 13.6. The van der Waals surface area contributed by atoms with Crippen LogP contribution >= 0.6 is 23.2 Å². The molecule has 244 valence electrons. The monoisotopic (exact) mass is 618 g/mol. The molecule has 5 heteroatoms. The Balaban J connectivity index is 3.36. The minimum atomic E-state index is 0.206. The van der Waals surface area contributed by atoms with Gasteiger partial charge in [-0.1, -0.05) is 114 Å². The minimum absolute atomic E-state index is 0.206. The molecule has 0 radical (unpaired) electrons. The van der Waals surface area contributed by atoms with E-state index in [9.17, 15) is 0 Å². The summed E-state index contributed by atoms with van der Waals surface area (Å²) in [6, 6.07) is 0. The van der Waals surface area contributed by atoms with Crippen LogP contribution in [0.5, 0.6) is 0 Å². The van der Waals surface area contributed by atoms with Gasteiger partial charge in [0.1, 0.15) is 13.6 Å². The smallest absolute Gasteiger partial charge is 0.149 e. The number of allylic oxidation sites excluding steroid dienone is 4. The van der Waals surface area contributed by atoms with Gasteiger partial charge in [-0.05, 0) is 78.1 Å². The molecule has 0 aliphatic heterocycles. The van der Waals surface area contributed by atoms with E-state index in [1.807, 2.05) is 0 Å². The van der Waals surface area contributed by atoms with Crippen molar-refractivity contribution in [2.45, 2.75) is 180 Å². The first kappa shape index (κ1) is 40.9. The fourth-order valence-electron chi connectivity index (χ4n) is 4.85. The quantitative estimate of drug-likeness (QED) is 0.0310. The highest BCUT2D eigenvalue weighted by atomic mass is 35.5. The molecule has 0 heterocycles. The Hall–Kier alpha value is -0.0600. The molecule has 2 unspecified atom stereocenters. The van der Waals surface area contributed by atoms with Crippen LogP contribution in [0.3, 0.4) is 0 Å². The van der Waals surface area contributed by atoms with E-state index in [-0.39, 0.29) is 12.2 Å². The van der Waals surface area contributed by atoms with Gasteiger partial charge in [-0.2, -0.15) is 0 Å². The summed E-state index contributed by atoms with van der Waals surface area (Å²) in [5.41, 5.74) is 0. The Morgan fingerprint density at radius 3 is 1.05 bits per heavy atom. The first-order valence-electron chi connectivity index (χ1n) is 17.4. The lowest BCUT2D eigenvalue weighted by atomic mass is 10.1. The lowest BCUT2D eigenvalue weighted by Gasteiger charge is -2.14. The van der Waals surface area contributed by atoms with Crippen molar-refractivity contribution in [2.75, 3.05) is 25.3 Å². The Bertz CT molecular complexity index is 495. The largest absolute Gasteiger partial charge is 0.352 e. The number of rotatable bonds is 34. The van der Waals surface area contributed by atoms with Gasteiger partial charge < -0.3 is 14.2 Å². The second-order valence-corrected chi connectivity index (χ2v) is 12.6. The Morgan fingerprint density at radius 2 is 0.707 bits per heavy atom. The first-order chi connectivity index (χ1) is 20.2. The van der Waals surface area contributed by atoms with E-state index in [0.717, 1.165) is 37.4 Å². The number of hydrogen-bond donors (Lipinski definition) is 0. The van der Waals surface area contributed by atoms with E-state index in [0.29, 0.717) is 13.6 Å². The predicted molar refractivity (Wildman–Crippen MR) is 182 cm³/mol. The van der Waals surface area contributed by atoms with Crippen LogP contribution in [0, 0.1) is 0 Å². The fourth-order valence-corrected chi connectivity index (χ4v) is 5.23. The molecule has 0 aliphatic carbocycles. The molecular formula is C36H68Cl2O3. The lowest BCUT2D eigenvalue weighted by Crippen LogP contribution is -2.15. The van der Waals surface area contributed by atoms with Crippen molar-refractivity contribution in [3.63, 3.8) is 0 Å². The SMILES string of the molecule is CC(CCC=CCCCCCCCCCCCCl)OCOCOC(C)CCC=CCCCCCCCCCCCCl. The Labute approximate surface area is 266 Å². The fraction of sp³-hybridized carbons (Fsp3) is 0.889. The molecule has 0 spiro atoms. The summed E-state index contributed by atoms with van der Waals surface area (Å²) in [7, 11) is 0. The molecule has 0 bridgehead atoms. The molecule has 0 rings (SSSR count). The van der Waals surface area contributed by atoms with E-state index in [4.69, 9.17) is 37.4 Å². The van der Waals surface area contributed by atoms with Crippen LogP contribution in [-0.4, -0.2) is 37.6 Å². The number of unbranched alkanes of at least 4 members (excludes halogenated alkanes) is 18. The maximum Gasteiger partial charge on any atom is 0.149 e. The summed E-state index contributed by atoms with van der Waals surface area (Å²) in [5.74, 6) is 1.64. The highest BCUT2D eigenvalue weighted by Crippen LogP contribution is 2.13. The zero-order valence-electron chi connectivity index (χ0n) is 27.2. The number of ether oxygens (including phenoxy) is 3. The molecule has 0 aromatic rings. The van der Waals surface area contributed by atoms with Crippen molar-refractivity contribution >= 4 is 23.2 Å². The van der Waals surface area contributed by atoms with E-state index in [1.165, 1.54) is 128 Å². The van der Waals surface area contributed by atoms with Gasteiger partial charge >= 0.3 is 0 Å². The van der Waals surface area contributed by atoms with Crippen LogP contribution in [0.4, 0.5) is 0 Å². The third kappa shape index (κ3) is 36.0. The third-order valence-corrected chi connectivity index (χ3v) is 8.23. The molecule has 3 nitrogen and oxygen atoms in total. The molecule has 0 amide bonds. The van der Waals surface area contributed by atoms with Gasteiger partial charge in [0, 0.05) is 11.8 Å². The Morgan fingerprint density at radius 1 is 0.415 bits per heavy atom. The molecule has 0 aromatic carbocycles. The maximum absolute atomic E-state index is 5.77. The molecule has 0 aromatic heterocycles. The predicted octanol–water partition coefficient (Wildman–Crippen LogP) is 12.7. The van der Waals surface area contributed by atoms with E-state index >= 15 is 0 Å². The van der Waals surface area contributed by atoms with Gasteiger partial charge in [0.25, 0.3) is 0 Å². The number of hydrogen-bond acceptors (Lipinski definition) is 3. The zero-order valence-corrected chi connectivity index (χ0v) is 28.8. The van der Waals surface area contributed by atoms with Crippen molar-refractivity contribution in [2.24, 2.45) is 0 Å². The third-order valence-electron chi connectivity index (χ3n) is 7.69. The van der Waals surface area contributed by atoms with E-state index in [1.54, 1.807) is 0 Å². The summed E-state index contributed by atoms with van der Waals surface area (Å²) < 4.78 is 17.1. The van der Waals surface area contributed by atoms with Crippen molar-refractivity contribution in [1.29, 1.82) is 0 Å². The average molecular weight is 620 g/mol. The first-order valence-corrected chi connectivity index (χ1v) is 18.5. The molecule has 2 atom stereocenters. The van der Waals surface area contributed by atoms with E-state index in [2.05, 4.69) is 38.2 Å². The van der Waals surface area contributed by atoms with Gasteiger partial charge in [0.05, 0.1) is 12.2 Å². The van der Waals surface area contributed by atoms with Crippen molar-refractivity contribution in [1.82, 2.24) is 0 Å². The maximum atomic E-state index is 5.77. The van der Waals surface area contributed by atoms with Crippen LogP contribution in [0.2, 0.25) is 0 Å². The van der Waals surface area contributed by atoms with Gasteiger partial charge in [0.2, 0.25) is 0 Å². The van der Waals surface area contributed by atoms with Crippen molar-refractivity contribution in [3.05, 3.63) is 24.3 Å². The van der Waals surface area contributed by atoms with Crippen LogP contribution in [0.15, 0.2) is 24.3 Å². The second-order valence-electron chi connectivity index (χ2n) is 11.8. The number of alkyl halides is 2. The molecular weight excluding hydrogens is 551 g/mol. The summed E-state index contributed by atoms with van der Waals surface area (Å²) in [6.07, 6.45) is 40.4. The molecule has 0 saturated heterocycles. The van der Waals surface area contributed by atoms with Gasteiger partial charge in [-0.25, -0.2) is 0 Å². The molecule has 0 fully saturated rings.